The number of nitrogens with zero attached hydrogens (tertiary/aromatic N) is 3. The fourth-order valence-electron chi connectivity index (χ4n) is 1.17. The molecule has 17 heavy (non-hydrogen) atoms. The lowest BCUT2D eigenvalue weighted by Gasteiger charge is -1.96. The number of ether oxygens (including phenoxy) is 1. The normalized spacial score (nSPS) is 9.94. The summed E-state index contributed by atoms with van der Waals surface area (Å²) in [6, 6.07) is 9.16. The van der Waals surface area contributed by atoms with Crippen LogP contribution in [0.15, 0.2) is 34.9 Å². The van der Waals surface area contributed by atoms with Gasteiger partial charge in [0.05, 0.1) is 11.7 Å². The van der Waals surface area contributed by atoms with Crippen LogP contribution in [0.4, 0.5) is 10.8 Å². The predicted octanol–water partition coefficient (Wildman–Crippen LogP) is 0.915. The van der Waals surface area contributed by atoms with E-state index in [9.17, 15) is 4.79 Å². The zero-order valence-corrected chi connectivity index (χ0v) is 9.16. The van der Waals surface area contributed by atoms with E-state index < -0.39 is 6.09 Å². The largest absolute Gasteiger partial charge is 0.450 e. The van der Waals surface area contributed by atoms with Gasteiger partial charge in [0.15, 0.2) is 0 Å². The highest BCUT2D eigenvalue weighted by Gasteiger charge is 2.18. The number of carbonyl (C=O) groups is 1. The van der Waals surface area contributed by atoms with Crippen molar-refractivity contribution in [2.24, 2.45) is 0 Å². The van der Waals surface area contributed by atoms with Gasteiger partial charge in [0.1, 0.15) is 4.80 Å². The van der Waals surface area contributed by atoms with Crippen LogP contribution in [-0.4, -0.2) is 23.1 Å². The van der Waals surface area contributed by atoms with Crippen LogP contribution in [0.1, 0.15) is 6.92 Å². The summed E-state index contributed by atoms with van der Waals surface area (Å²) < 4.78 is 9.50. The van der Waals surface area contributed by atoms with Gasteiger partial charge in [-0.2, -0.15) is 0 Å². The van der Waals surface area contributed by atoms with Crippen molar-refractivity contribution in [1.82, 2.24) is 10.4 Å². The van der Waals surface area contributed by atoms with E-state index in [1.807, 2.05) is 30.3 Å². The summed E-state index contributed by atoms with van der Waals surface area (Å²) >= 11 is 0. The third-order valence-electron chi connectivity index (χ3n) is 1.86. The first kappa shape index (κ1) is 11.1. The van der Waals surface area contributed by atoms with E-state index >= 15 is 0 Å². The molecule has 0 fully saturated rings. The van der Waals surface area contributed by atoms with Crippen LogP contribution in [-0.2, 0) is 4.74 Å². The van der Waals surface area contributed by atoms with Gasteiger partial charge in [-0.15, -0.1) is 0 Å². The fourth-order valence-corrected chi connectivity index (χ4v) is 1.17. The predicted molar refractivity (Wildman–Crippen MR) is 56.5 cm³/mol. The maximum absolute atomic E-state index is 11.1. The number of hydrogen-bond donors (Lipinski definition) is 1. The van der Waals surface area contributed by atoms with E-state index in [2.05, 4.69) is 20.4 Å². The molecule has 2 aromatic rings. The number of para-hydroxylation sites is 1. The minimum Gasteiger partial charge on any atom is -0.450 e. The van der Waals surface area contributed by atoms with Crippen molar-refractivity contribution in [3.05, 3.63) is 30.3 Å². The molecular formula is C10H11N4O3+. The summed E-state index contributed by atoms with van der Waals surface area (Å²) in [4.78, 5) is 12.4. The Kier molecular flexibility index (Phi) is 3.29. The van der Waals surface area contributed by atoms with Crippen LogP contribution in [0.2, 0.25) is 0 Å². The molecule has 0 aliphatic carbocycles. The molecular weight excluding hydrogens is 224 g/mol. The first-order chi connectivity index (χ1) is 8.29. The van der Waals surface area contributed by atoms with E-state index in [1.54, 1.807) is 6.92 Å². The molecule has 0 aliphatic rings. The number of amides is 1. The highest BCUT2D eigenvalue weighted by Crippen LogP contribution is 2.00. The van der Waals surface area contributed by atoms with Crippen LogP contribution in [0.5, 0.6) is 0 Å². The van der Waals surface area contributed by atoms with Crippen molar-refractivity contribution in [3.63, 3.8) is 0 Å². The third-order valence-corrected chi connectivity index (χ3v) is 1.86. The second kappa shape index (κ2) is 5.06. The molecule has 88 valence electrons. The Morgan fingerprint density at radius 3 is 2.94 bits per heavy atom. The van der Waals surface area contributed by atoms with Crippen LogP contribution in [0, 0.1) is 0 Å². The number of aromatic nitrogens is 3. The number of hydrogen-bond acceptors (Lipinski definition) is 5. The van der Waals surface area contributed by atoms with E-state index in [4.69, 9.17) is 4.52 Å². The zero-order chi connectivity index (χ0) is 12.1. The summed E-state index contributed by atoms with van der Waals surface area (Å²) in [5, 5.41) is 9.90. The Morgan fingerprint density at radius 1 is 1.47 bits per heavy atom. The minimum absolute atomic E-state index is 0.0210. The lowest BCUT2D eigenvalue weighted by atomic mass is 10.3. The Hall–Kier alpha value is -2.44. The standard InChI is InChI=1S/C10H10N4O3/c1-2-16-10(15)11-9-12-14(13-17-9)8-6-4-3-5-7-8/h3-7H,2H2,1H3/p+1. The van der Waals surface area contributed by atoms with Crippen molar-refractivity contribution in [2.75, 3.05) is 11.9 Å². The second-order valence-corrected chi connectivity index (χ2v) is 3.05. The SMILES string of the molecule is CCOC(=O)Nc1n[n+](-c2ccccc2)no1. The van der Waals surface area contributed by atoms with Crippen LogP contribution < -0.4 is 10.1 Å². The first-order valence-electron chi connectivity index (χ1n) is 5.05. The number of rotatable bonds is 3. The lowest BCUT2D eigenvalue weighted by molar-refractivity contribution is -0.724. The maximum Gasteiger partial charge on any atom is 0.415 e. The molecule has 2 rings (SSSR count). The fraction of sp³-hybridized carbons (Fsp3) is 0.200. The molecule has 1 aromatic heterocycles. The minimum atomic E-state index is -0.628. The average molecular weight is 235 g/mol. The van der Waals surface area contributed by atoms with Gasteiger partial charge in [-0.05, 0) is 6.92 Å². The molecule has 0 saturated carbocycles. The number of benzene rings is 1. The van der Waals surface area contributed by atoms with E-state index in [0.717, 1.165) is 5.69 Å². The van der Waals surface area contributed by atoms with Gasteiger partial charge in [-0.1, -0.05) is 18.2 Å². The highest BCUT2D eigenvalue weighted by molar-refractivity contribution is 5.81. The van der Waals surface area contributed by atoms with Crippen molar-refractivity contribution < 1.29 is 18.9 Å². The molecule has 0 aliphatic heterocycles. The van der Waals surface area contributed by atoms with Gasteiger partial charge in [0, 0.05) is 12.1 Å². The van der Waals surface area contributed by atoms with Gasteiger partial charge >= 0.3 is 12.1 Å². The van der Waals surface area contributed by atoms with Crippen molar-refractivity contribution in [2.45, 2.75) is 6.92 Å². The molecule has 1 heterocycles. The van der Waals surface area contributed by atoms with E-state index in [0.29, 0.717) is 0 Å². The quantitative estimate of drug-likeness (QED) is 0.800. The summed E-state index contributed by atoms with van der Waals surface area (Å²) in [6.45, 7) is 1.98. The first-order valence-corrected chi connectivity index (χ1v) is 5.05. The number of carbonyl (C=O) groups excluding carboxylic acids is 1. The van der Waals surface area contributed by atoms with E-state index in [-0.39, 0.29) is 12.6 Å². The van der Waals surface area contributed by atoms with Crippen LogP contribution in [0.25, 0.3) is 5.69 Å². The molecule has 0 atom stereocenters. The molecule has 1 aromatic carbocycles. The van der Waals surface area contributed by atoms with Crippen LogP contribution >= 0.6 is 0 Å². The summed E-state index contributed by atoms with van der Waals surface area (Å²) in [7, 11) is 0. The van der Waals surface area contributed by atoms with Gasteiger partial charge in [-0.3, -0.25) is 4.52 Å². The monoisotopic (exact) mass is 235 g/mol. The highest BCUT2D eigenvalue weighted by atomic mass is 16.6. The third kappa shape index (κ3) is 2.77. The molecule has 0 unspecified atom stereocenters. The zero-order valence-electron chi connectivity index (χ0n) is 9.16. The van der Waals surface area contributed by atoms with Gasteiger partial charge in [0.2, 0.25) is 5.27 Å². The topological polar surface area (TPSA) is 81.1 Å². The Morgan fingerprint density at radius 2 is 2.24 bits per heavy atom. The van der Waals surface area contributed by atoms with Gasteiger partial charge < -0.3 is 4.74 Å². The average Bonchev–Trinajstić information content (AvgIpc) is 2.79. The number of nitrogens with one attached hydrogen (secondary N) is 1. The molecule has 0 spiro atoms. The van der Waals surface area contributed by atoms with Crippen molar-refractivity contribution in [1.29, 1.82) is 0 Å². The van der Waals surface area contributed by atoms with Gasteiger partial charge in [-0.25, -0.2) is 10.1 Å². The Balaban J connectivity index is 2.09. The summed E-state index contributed by atoms with van der Waals surface area (Å²) in [5.41, 5.74) is 0.730. The molecule has 7 nitrogen and oxygen atoms in total. The second-order valence-electron chi connectivity index (χ2n) is 3.05. The Labute approximate surface area is 97.0 Å². The number of anilines is 1. The molecule has 0 bridgehead atoms. The molecule has 0 radical (unpaired) electrons. The molecule has 1 amide bonds. The smallest absolute Gasteiger partial charge is 0.415 e. The summed E-state index contributed by atoms with van der Waals surface area (Å²) in [6.07, 6.45) is -0.628. The van der Waals surface area contributed by atoms with Crippen molar-refractivity contribution in [3.8, 4) is 5.69 Å². The Bertz CT molecular complexity index is 497. The molecule has 7 heteroatoms. The van der Waals surface area contributed by atoms with Crippen LogP contribution in [0.3, 0.4) is 0 Å². The molecule has 0 saturated heterocycles. The van der Waals surface area contributed by atoms with E-state index in [1.165, 1.54) is 4.80 Å². The van der Waals surface area contributed by atoms with Gasteiger partial charge in [0.25, 0.3) is 5.69 Å². The molecule has 1 N–H and O–H groups in total. The van der Waals surface area contributed by atoms with Crippen molar-refractivity contribution >= 4 is 12.1 Å². The maximum atomic E-state index is 11.1. The summed E-state index contributed by atoms with van der Waals surface area (Å²) in [5.74, 6) is 0. The lowest BCUT2D eigenvalue weighted by Crippen LogP contribution is -2.35.